The van der Waals surface area contributed by atoms with E-state index in [4.69, 9.17) is 14.2 Å². The molecule has 0 saturated heterocycles. The van der Waals surface area contributed by atoms with E-state index in [1.807, 2.05) is 6.08 Å². The summed E-state index contributed by atoms with van der Waals surface area (Å²) >= 11 is 0. The summed E-state index contributed by atoms with van der Waals surface area (Å²) in [7, 11) is 0. The molecule has 0 aromatic carbocycles. The molecule has 0 N–H and O–H groups in total. The summed E-state index contributed by atoms with van der Waals surface area (Å²) in [5.41, 5.74) is 0. The predicted molar refractivity (Wildman–Crippen MR) is 288 cm³/mol. The SMILES string of the molecule is CCCCC/C=C\C/C=C\C/C=C\C/C=C\C/C=C\CCC(=O)O[C@H](COC(=O)CCCCCCCCCCC/C=C\CCCCCCCC)COC(=O)CCCCCCCCCCCCC. The zero-order valence-corrected chi connectivity index (χ0v) is 44.2. The van der Waals surface area contributed by atoms with E-state index in [2.05, 4.69) is 87.6 Å². The number of esters is 3. The second kappa shape index (κ2) is 55.4. The molecule has 0 spiro atoms. The van der Waals surface area contributed by atoms with Gasteiger partial charge in [-0.3, -0.25) is 14.4 Å². The lowest BCUT2D eigenvalue weighted by molar-refractivity contribution is -0.166. The zero-order valence-electron chi connectivity index (χ0n) is 44.2. The average molecular weight is 936 g/mol. The highest BCUT2D eigenvalue weighted by molar-refractivity contribution is 5.71. The topological polar surface area (TPSA) is 78.9 Å². The molecule has 0 bridgehead atoms. The van der Waals surface area contributed by atoms with Gasteiger partial charge in [-0.2, -0.15) is 0 Å². The minimum Gasteiger partial charge on any atom is -0.462 e. The van der Waals surface area contributed by atoms with Crippen LogP contribution in [0, 0.1) is 0 Å². The van der Waals surface area contributed by atoms with Gasteiger partial charge in [0.15, 0.2) is 6.10 Å². The van der Waals surface area contributed by atoms with E-state index in [0.717, 1.165) is 64.2 Å². The summed E-state index contributed by atoms with van der Waals surface area (Å²) in [4.78, 5) is 38.0. The van der Waals surface area contributed by atoms with Crippen LogP contribution in [-0.4, -0.2) is 37.2 Å². The molecule has 0 aromatic heterocycles. The molecule has 0 aliphatic rings. The van der Waals surface area contributed by atoms with Gasteiger partial charge in [-0.05, 0) is 83.5 Å². The van der Waals surface area contributed by atoms with Crippen molar-refractivity contribution >= 4 is 17.9 Å². The van der Waals surface area contributed by atoms with Crippen molar-refractivity contribution in [1.82, 2.24) is 0 Å². The Morgan fingerprint density at radius 1 is 0.299 bits per heavy atom. The van der Waals surface area contributed by atoms with Gasteiger partial charge < -0.3 is 14.2 Å². The highest BCUT2D eigenvalue weighted by Gasteiger charge is 2.19. The summed E-state index contributed by atoms with van der Waals surface area (Å²) in [6.45, 7) is 6.55. The first-order valence-corrected chi connectivity index (χ1v) is 28.4. The molecular formula is C61H106O6. The number of rotatable bonds is 51. The molecule has 0 unspecified atom stereocenters. The third-order valence-electron chi connectivity index (χ3n) is 12.2. The summed E-state index contributed by atoms with van der Waals surface area (Å²) in [5, 5.41) is 0. The first kappa shape index (κ1) is 63.8. The molecule has 0 heterocycles. The molecular weight excluding hydrogens is 829 g/mol. The van der Waals surface area contributed by atoms with Gasteiger partial charge in [-0.15, -0.1) is 0 Å². The van der Waals surface area contributed by atoms with Crippen LogP contribution in [0.25, 0.3) is 0 Å². The van der Waals surface area contributed by atoms with Crippen LogP contribution in [0.3, 0.4) is 0 Å². The normalized spacial score (nSPS) is 12.6. The molecule has 0 aromatic rings. The Bertz CT molecular complexity index is 1260. The highest BCUT2D eigenvalue weighted by Crippen LogP contribution is 2.15. The lowest BCUT2D eigenvalue weighted by Crippen LogP contribution is -2.30. The number of hydrogen-bond acceptors (Lipinski definition) is 6. The maximum Gasteiger partial charge on any atom is 0.306 e. The van der Waals surface area contributed by atoms with Gasteiger partial charge in [-0.25, -0.2) is 0 Å². The highest BCUT2D eigenvalue weighted by atomic mass is 16.6. The van der Waals surface area contributed by atoms with Gasteiger partial charge in [0.05, 0.1) is 0 Å². The molecule has 0 amide bonds. The van der Waals surface area contributed by atoms with Gasteiger partial charge in [0.2, 0.25) is 0 Å². The van der Waals surface area contributed by atoms with Crippen molar-refractivity contribution in [2.75, 3.05) is 13.2 Å². The molecule has 0 aliphatic heterocycles. The molecule has 6 heteroatoms. The molecule has 0 radical (unpaired) electrons. The van der Waals surface area contributed by atoms with Gasteiger partial charge in [0.25, 0.3) is 0 Å². The van der Waals surface area contributed by atoms with Crippen LogP contribution in [0.1, 0.15) is 278 Å². The van der Waals surface area contributed by atoms with Crippen molar-refractivity contribution < 1.29 is 28.6 Å². The van der Waals surface area contributed by atoms with Crippen molar-refractivity contribution in [3.63, 3.8) is 0 Å². The fraction of sp³-hybridized carbons (Fsp3) is 0.754. The number of carbonyl (C=O) groups is 3. The van der Waals surface area contributed by atoms with Crippen LogP contribution in [0.15, 0.2) is 72.9 Å². The summed E-state index contributed by atoms with van der Waals surface area (Å²) in [6.07, 6.45) is 70.5. The molecule has 1 atom stereocenters. The van der Waals surface area contributed by atoms with Crippen LogP contribution in [-0.2, 0) is 28.6 Å². The molecule has 386 valence electrons. The van der Waals surface area contributed by atoms with Crippen LogP contribution >= 0.6 is 0 Å². The molecule has 6 nitrogen and oxygen atoms in total. The third kappa shape index (κ3) is 53.7. The second-order valence-corrected chi connectivity index (χ2v) is 18.8. The van der Waals surface area contributed by atoms with E-state index in [0.29, 0.717) is 19.3 Å². The van der Waals surface area contributed by atoms with Gasteiger partial charge in [0.1, 0.15) is 13.2 Å². The number of ether oxygens (including phenoxy) is 3. The number of hydrogen-bond donors (Lipinski definition) is 0. The van der Waals surface area contributed by atoms with Crippen LogP contribution in [0.2, 0.25) is 0 Å². The summed E-state index contributed by atoms with van der Waals surface area (Å²) in [5.74, 6) is -0.982. The second-order valence-electron chi connectivity index (χ2n) is 18.8. The Hall–Kier alpha value is -3.15. The van der Waals surface area contributed by atoms with Crippen molar-refractivity contribution in [2.24, 2.45) is 0 Å². The van der Waals surface area contributed by atoms with Gasteiger partial charge in [-0.1, -0.05) is 248 Å². The Morgan fingerprint density at radius 3 is 0.940 bits per heavy atom. The standard InChI is InChI=1S/C61H106O6/c1-4-7-10-13-16-19-22-24-26-28-30-32-34-36-39-42-45-48-51-54-60(63)66-57-58(56-65-59(62)53-50-47-44-41-38-21-18-15-12-9-6-3)67-61(64)55-52-49-46-43-40-37-35-33-31-29-27-25-23-20-17-14-11-8-5-2/h17,20,24-27,31,33,37,40,46,49,58H,4-16,18-19,21-23,28-30,32,34-36,38-39,41-45,47-48,50-57H2,1-3H3/b20-17-,26-24-,27-25-,33-31-,40-37-,49-46-/t58-/m0/s1. The third-order valence-corrected chi connectivity index (χ3v) is 12.2. The number of unbranched alkanes of at least 4 members (excludes halogenated alkanes) is 28. The minimum atomic E-state index is -0.813. The predicted octanol–water partition coefficient (Wildman–Crippen LogP) is 19.0. The lowest BCUT2D eigenvalue weighted by Gasteiger charge is -2.18. The Labute approximate surface area is 414 Å². The van der Waals surface area contributed by atoms with Crippen molar-refractivity contribution in [3.05, 3.63) is 72.9 Å². The zero-order chi connectivity index (χ0) is 48.6. The summed E-state index contributed by atoms with van der Waals surface area (Å²) < 4.78 is 16.8. The largest absolute Gasteiger partial charge is 0.462 e. The van der Waals surface area contributed by atoms with E-state index in [9.17, 15) is 14.4 Å². The monoisotopic (exact) mass is 935 g/mol. The van der Waals surface area contributed by atoms with Crippen LogP contribution in [0.5, 0.6) is 0 Å². The number of carbonyl (C=O) groups excluding carboxylic acids is 3. The van der Waals surface area contributed by atoms with Crippen LogP contribution < -0.4 is 0 Å². The summed E-state index contributed by atoms with van der Waals surface area (Å²) in [6, 6.07) is 0. The van der Waals surface area contributed by atoms with E-state index < -0.39 is 6.10 Å². The van der Waals surface area contributed by atoms with E-state index in [-0.39, 0.29) is 37.5 Å². The molecule has 0 saturated carbocycles. The average Bonchev–Trinajstić information content (AvgIpc) is 3.33. The van der Waals surface area contributed by atoms with Gasteiger partial charge >= 0.3 is 17.9 Å². The maximum absolute atomic E-state index is 12.8. The molecule has 0 aliphatic carbocycles. The van der Waals surface area contributed by atoms with Crippen LogP contribution in [0.4, 0.5) is 0 Å². The molecule has 0 rings (SSSR count). The van der Waals surface area contributed by atoms with Gasteiger partial charge in [0, 0.05) is 19.3 Å². The molecule has 0 fully saturated rings. The van der Waals surface area contributed by atoms with E-state index >= 15 is 0 Å². The van der Waals surface area contributed by atoms with E-state index in [1.54, 1.807) is 0 Å². The minimum absolute atomic E-state index is 0.103. The van der Waals surface area contributed by atoms with Crippen molar-refractivity contribution in [1.29, 1.82) is 0 Å². The Kier molecular flexibility index (Phi) is 52.8. The quantitative estimate of drug-likeness (QED) is 0.0262. The Morgan fingerprint density at radius 2 is 0.567 bits per heavy atom. The van der Waals surface area contributed by atoms with Crippen molar-refractivity contribution in [3.8, 4) is 0 Å². The fourth-order valence-electron chi connectivity index (χ4n) is 7.89. The maximum atomic E-state index is 12.8. The fourth-order valence-corrected chi connectivity index (χ4v) is 7.89. The lowest BCUT2D eigenvalue weighted by atomic mass is 10.1. The molecule has 67 heavy (non-hydrogen) atoms. The van der Waals surface area contributed by atoms with Crippen molar-refractivity contribution in [2.45, 2.75) is 284 Å². The first-order chi connectivity index (χ1) is 33.0. The number of allylic oxidation sites excluding steroid dienone is 12. The smallest absolute Gasteiger partial charge is 0.306 e. The Balaban J connectivity index is 4.44. The van der Waals surface area contributed by atoms with E-state index in [1.165, 1.54) is 167 Å². The first-order valence-electron chi connectivity index (χ1n) is 28.4.